The summed E-state index contributed by atoms with van der Waals surface area (Å²) >= 11 is 0. The molecule has 0 saturated carbocycles. The zero-order valence-electron chi connectivity index (χ0n) is 38.8. The SMILES string of the molecule is CC/C=C\C/C=C\C/C=C\CCCCCCCC(=O)OCC(COC(=O)CCCCCCCCCCCCCCC)OC(=O)CCCCCCC/C=C\C/C=C\CCC. The van der Waals surface area contributed by atoms with E-state index in [1.807, 2.05) is 0 Å². The van der Waals surface area contributed by atoms with Gasteiger partial charge in [0.2, 0.25) is 0 Å². The molecule has 59 heavy (non-hydrogen) atoms. The van der Waals surface area contributed by atoms with Gasteiger partial charge in [-0.2, -0.15) is 0 Å². The Morgan fingerprint density at radius 3 is 1.10 bits per heavy atom. The highest BCUT2D eigenvalue weighted by Crippen LogP contribution is 2.15. The Kier molecular flexibility index (Phi) is 45.4. The van der Waals surface area contributed by atoms with E-state index in [-0.39, 0.29) is 31.1 Å². The summed E-state index contributed by atoms with van der Waals surface area (Å²) in [6, 6.07) is 0. The van der Waals surface area contributed by atoms with Crippen molar-refractivity contribution in [3.8, 4) is 0 Å². The third-order valence-electron chi connectivity index (χ3n) is 10.5. The number of rotatable bonds is 44. The monoisotopic (exact) mass is 825 g/mol. The molecule has 6 nitrogen and oxygen atoms in total. The molecule has 1 atom stereocenters. The van der Waals surface area contributed by atoms with Crippen LogP contribution in [0, 0.1) is 0 Å². The van der Waals surface area contributed by atoms with Crippen molar-refractivity contribution in [2.45, 2.75) is 245 Å². The fourth-order valence-corrected chi connectivity index (χ4v) is 6.79. The van der Waals surface area contributed by atoms with Crippen LogP contribution >= 0.6 is 0 Å². The minimum Gasteiger partial charge on any atom is -0.462 e. The Balaban J connectivity index is 4.41. The van der Waals surface area contributed by atoms with Gasteiger partial charge in [-0.15, -0.1) is 0 Å². The van der Waals surface area contributed by atoms with Gasteiger partial charge in [-0.3, -0.25) is 14.4 Å². The highest BCUT2D eigenvalue weighted by Gasteiger charge is 2.19. The van der Waals surface area contributed by atoms with Crippen LogP contribution in [0.25, 0.3) is 0 Å². The molecular formula is C53H92O6. The van der Waals surface area contributed by atoms with E-state index in [9.17, 15) is 14.4 Å². The summed E-state index contributed by atoms with van der Waals surface area (Å²) in [5.74, 6) is -0.914. The molecule has 6 heteroatoms. The molecule has 0 aromatic carbocycles. The second-order valence-electron chi connectivity index (χ2n) is 16.3. The summed E-state index contributed by atoms with van der Waals surface area (Å²) in [6.45, 7) is 6.43. The molecule has 340 valence electrons. The van der Waals surface area contributed by atoms with Gasteiger partial charge in [-0.25, -0.2) is 0 Å². The van der Waals surface area contributed by atoms with Gasteiger partial charge in [-0.1, -0.05) is 204 Å². The molecule has 0 fully saturated rings. The lowest BCUT2D eigenvalue weighted by Gasteiger charge is -2.18. The van der Waals surface area contributed by atoms with Gasteiger partial charge < -0.3 is 14.2 Å². The van der Waals surface area contributed by atoms with Crippen LogP contribution in [-0.2, 0) is 28.6 Å². The molecule has 0 bridgehead atoms. The molecule has 0 aliphatic carbocycles. The third kappa shape index (κ3) is 46.0. The summed E-state index contributed by atoms with van der Waals surface area (Å²) in [7, 11) is 0. The fraction of sp³-hybridized carbons (Fsp3) is 0.755. The van der Waals surface area contributed by atoms with Crippen molar-refractivity contribution in [3.63, 3.8) is 0 Å². The smallest absolute Gasteiger partial charge is 0.306 e. The van der Waals surface area contributed by atoms with E-state index in [4.69, 9.17) is 14.2 Å². The van der Waals surface area contributed by atoms with Gasteiger partial charge >= 0.3 is 17.9 Å². The fourth-order valence-electron chi connectivity index (χ4n) is 6.79. The zero-order chi connectivity index (χ0) is 43.0. The first-order valence-electron chi connectivity index (χ1n) is 24.8. The predicted octanol–water partition coefficient (Wildman–Crippen LogP) is 16.1. The average Bonchev–Trinajstić information content (AvgIpc) is 3.23. The molecule has 0 amide bonds. The number of allylic oxidation sites excluding steroid dienone is 10. The van der Waals surface area contributed by atoms with Crippen molar-refractivity contribution >= 4 is 17.9 Å². The van der Waals surface area contributed by atoms with Crippen LogP contribution in [0.1, 0.15) is 239 Å². The highest BCUT2D eigenvalue weighted by molar-refractivity contribution is 5.71. The number of hydrogen-bond donors (Lipinski definition) is 0. The van der Waals surface area contributed by atoms with Crippen LogP contribution in [0.3, 0.4) is 0 Å². The quantitative estimate of drug-likeness (QED) is 0.0263. The standard InChI is InChI=1S/C53H92O6/c1-4-7-10-13-16-19-22-25-26-29-31-34-37-40-43-46-52(55)58-49-50(59-53(56)47-44-41-38-35-32-28-24-21-18-15-12-9-6-3)48-57-51(54)45-42-39-36-33-30-27-23-20-17-14-11-8-5-2/h7,10,12,15-16,19,21,24-26,50H,4-6,8-9,11,13-14,17-18,20,22-23,27-49H2,1-3H3/b10-7-,15-12-,19-16-,24-21-,26-25-. The lowest BCUT2D eigenvalue weighted by molar-refractivity contribution is -0.167. The van der Waals surface area contributed by atoms with E-state index in [1.54, 1.807) is 0 Å². The molecule has 1 unspecified atom stereocenters. The van der Waals surface area contributed by atoms with Crippen LogP contribution in [0.15, 0.2) is 60.8 Å². The van der Waals surface area contributed by atoms with Crippen molar-refractivity contribution in [3.05, 3.63) is 60.8 Å². The molecular weight excluding hydrogens is 733 g/mol. The number of esters is 3. The van der Waals surface area contributed by atoms with Gasteiger partial charge in [0.1, 0.15) is 13.2 Å². The number of hydrogen-bond acceptors (Lipinski definition) is 6. The molecule has 0 saturated heterocycles. The summed E-state index contributed by atoms with van der Waals surface area (Å²) in [6.07, 6.45) is 57.7. The van der Waals surface area contributed by atoms with Gasteiger partial charge in [0.25, 0.3) is 0 Å². The molecule has 0 N–H and O–H groups in total. The van der Waals surface area contributed by atoms with E-state index in [0.717, 1.165) is 128 Å². The molecule has 0 aliphatic rings. The summed E-state index contributed by atoms with van der Waals surface area (Å²) in [4.78, 5) is 37.9. The second kappa shape index (κ2) is 47.8. The Labute approximate surface area is 364 Å². The number of unbranched alkanes of at least 4 members (excludes halogenated alkanes) is 23. The normalized spacial score (nSPS) is 12.5. The molecule has 0 heterocycles. The summed E-state index contributed by atoms with van der Waals surface area (Å²) < 4.78 is 16.7. The van der Waals surface area contributed by atoms with Gasteiger partial charge in [0, 0.05) is 19.3 Å². The topological polar surface area (TPSA) is 78.9 Å². The maximum atomic E-state index is 12.8. The van der Waals surface area contributed by atoms with E-state index >= 15 is 0 Å². The van der Waals surface area contributed by atoms with Gasteiger partial charge in [0.05, 0.1) is 0 Å². The van der Waals surface area contributed by atoms with E-state index in [0.29, 0.717) is 19.3 Å². The highest BCUT2D eigenvalue weighted by atomic mass is 16.6. The molecule has 0 rings (SSSR count). The Hall–Kier alpha value is -2.89. The number of ether oxygens (including phenoxy) is 3. The van der Waals surface area contributed by atoms with Crippen LogP contribution in [0.2, 0.25) is 0 Å². The van der Waals surface area contributed by atoms with Crippen molar-refractivity contribution in [2.24, 2.45) is 0 Å². The van der Waals surface area contributed by atoms with Crippen LogP contribution in [-0.4, -0.2) is 37.2 Å². The van der Waals surface area contributed by atoms with Gasteiger partial charge in [0.15, 0.2) is 6.10 Å². The molecule has 0 aromatic rings. The van der Waals surface area contributed by atoms with E-state index in [2.05, 4.69) is 81.5 Å². The van der Waals surface area contributed by atoms with Crippen LogP contribution in [0.4, 0.5) is 0 Å². The Morgan fingerprint density at radius 2 is 0.695 bits per heavy atom. The van der Waals surface area contributed by atoms with Gasteiger partial charge in [-0.05, 0) is 77.0 Å². The van der Waals surface area contributed by atoms with E-state index < -0.39 is 6.10 Å². The Morgan fingerprint density at radius 1 is 0.356 bits per heavy atom. The van der Waals surface area contributed by atoms with Crippen molar-refractivity contribution < 1.29 is 28.6 Å². The molecule has 0 aromatic heterocycles. The van der Waals surface area contributed by atoms with Crippen molar-refractivity contribution in [1.82, 2.24) is 0 Å². The third-order valence-corrected chi connectivity index (χ3v) is 10.5. The lowest BCUT2D eigenvalue weighted by atomic mass is 10.0. The van der Waals surface area contributed by atoms with Crippen molar-refractivity contribution in [1.29, 1.82) is 0 Å². The maximum absolute atomic E-state index is 12.8. The summed E-state index contributed by atoms with van der Waals surface area (Å²) in [5.41, 5.74) is 0. The van der Waals surface area contributed by atoms with Crippen LogP contribution < -0.4 is 0 Å². The zero-order valence-corrected chi connectivity index (χ0v) is 38.8. The molecule has 0 radical (unpaired) electrons. The first-order chi connectivity index (χ1) is 29.0. The predicted molar refractivity (Wildman–Crippen MR) is 251 cm³/mol. The van der Waals surface area contributed by atoms with Crippen molar-refractivity contribution in [2.75, 3.05) is 13.2 Å². The first kappa shape index (κ1) is 56.1. The largest absolute Gasteiger partial charge is 0.462 e. The number of carbonyl (C=O) groups excluding carboxylic acids is 3. The second-order valence-corrected chi connectivity index (χ2v) is 16.3. The molecule has 0 aliphatic heterocycles. The van der Waals surface area contributed by atoms with Crippen LogP contribution in [0.5, 0.6) is 0 Å². The first-order valence-corrected chi connectivity index (χ1v) is 24.8. The Bertz CT molecular complexity index is 1090. The minimum atomic E-state index is -0.785. The average molecular weight is 825 g/mol. The van der Waals surface area contributed by atoms with E-state index in [1.165, 1.54) is 70.6 Å². The maximum Gasteiger partial charge on any atom is 0.306 e. The number of carbonyl (C=O) groups is 3. The summed E-state index contributed by atoms with van der Waals surface area (Å²) in [5, 5.41) is 0. The minimum absolute atomic E-state index is 0.0841. The molecule has 0 spiro atoms. The lowest BCUT2D eigenvalue weighted by Crippen LogP contribution is -2.30.